The molecule has 136 valence electrons. The Morgan fingerprint density at radius 1 is 1.36 bits per heavy atom. The summed E-state index contributed by atoms with van der Waals surface area (Å²) >= 11 is 0. The standard InChI is InChI=1S/C15H17FN2O6S/c1-24-18(9-10-2-4-11(16)5-3-10)14(20)8-13(19)15(21)17-25(22,23)12-6-7-12/h2-5,8,12,19H,6-7,9H2,1H3,(H,17,21). The number of hydroxylamine groups is 2. The van der Waals surface area contributed by atoms with Crippen LogP contribution in [0.5, 0.6) is 0 Å². The van der Waals surface area contributed by atoms with E-state index in [9.17, 15) is 27.5 Å². The van der Waals surface area contributed by atoms with Gasteiger partial charge in [0.2, 0.25) is 10.0 Å². The Balaban J connectivity index is 2.02. The lowest BCUT2D eigenvalue weighted by Crippen LogP contribution is -2.35. The number of amides is 2. The molecule has 0 aromatic heterocycles. The van der Waals surface area contributed by atoms with E-state index in [-0.39, 0.29) is 6.54 Å². The van der Waals surface area contributed by atoms with Gasteiger partial charge in [-0.2, -0.15) is 0 Å². The quantitative estimate of drug-likeness (QED) is 0.415. The van der Waals surface area contributed by atoms with Crippen LogP contribution < -0.4 is 4.72 Å². The third kappa shape index (κ3) is 5.26. The lowest BCUT2D eigenvalue weighted by atomic mass is 10.2. The van der Waals surface area contributed by atoms with Gasteiger partial charge in [0, 0.05) is 0 Å². The molecule has 10 heteroatoms. The average Bonchev–Trinajstić information content (AvgIpc) is 3.39. The molecule has 2 N–H and O–H groups in total. The number of nitrogens with zero attached hydrogens (tertiary/aromatic N) is 1. The number of aliphatic hydroxyl groups excluding tert-OH is 1. The first-order valence-corrected chi connectivity index (χ1v) is 8.84. The van der Waals surface area contributed by atoms with E-state index in [0.29, 0.717) is 24.5 Å². The van der Waals surface area contributed by atoms with Crippen molar-refractivity contribution in [2.24, 2.45) is 0 Å². The number of benzene rings is 1. The maximum atomic E-state index is 12.9. The predicted molar refractivity (Wildman–Crippen MR) is 84.8 cm³/mol. The van der Waals surface area contributed by atoms with Crippen LogP contribution >= 0.6 is 0 Å². The Labute approximate surface area is 143 Å². The van der Waals surface area contributed by atoms with Crippen LogP contribution in [0.15, 0.2) is 36.1 Å². The summed E-state index contributed by atoms with van der Waals surface area (Å²) in [6.07, 6.45) is 1.44. The summed E-state index contributed by atoms with van der Waals surface area (Å²) in [6, 6.07) is 5.29. The topological polar surface area (TPSA) is 113 Å². The number of nitrogens with one attached hydrogen (secondary N) is 1. The van der Waals surface area contributed by atoms with Gasteiger partial charge in [-0.05, 0) is 30.5 Å². The van der Waals surface area contributed by atoms with Crippen LogP contribution in [-0.2, 0) is 31.0 Å². The minimum atomic E-state index is -3.84. The highest BCUT2D eigenvalue weighted by Crippen LogP contribution is 2.27. The monoisotopic (exact) mass is 372 g/mol. The van der Waals surface area contributed by atoms with E-state index in [1.54, 1.807) is 4.72 Å². The zero-order valence-electron chi connectivity index (χ0n) is 13.3. The SMILES string of the molecule is CON(Cc1ccc(F)cc1)C(=O)C=C(O)C(=O)NS(=O)(=O)C1CC1. The van der Waals surface area contributed by atoms with Gasteiger partial charge in [-0.1, -0.05) is 12.1 Å². The maximum Gasteiger partial charge on any atom is 0.299 e. The van der Waals surface area contributed by atoms with Crippen molar-refractivity contribution in [2.75, 3.05) is 7.11 Å². The average molecular weight is 372 g/mol. The zero-order chi connectivity index (χ0) is 18.6. The van der Waals surface area contributed by atoms with Crippen molar-refractivity contribution in [1.29, 1.82) is 0 Å². The molecule has 1 aromatic rings. The number of carbonyl (C=O) groups is 2. The fourth-order valence-corrected chi connectivity index (χ4v) is 3.17. The van der Waals surface area contributed by atoms with Crippen molar-refractivity contribution in [3.63, 3.8) is 0 Å². The Hall–Kier alpha value is -2.46. The van der Waals surface area contributed by atoms with E-state index in [4.69, 9.17) is 4.84 Å². The highest BCUT2D eigenvalue weighted by Gasteiger charge is 2.37. The summed E-state index contributed by atoms with van der Waals surface area (Å²) in [4.78, 5) is 28.6. The van der Waals surface area contributed by atoms with Crippen molar-refractivity contribution < 1.29 is 32.3 Å². The molecule has 8 nitrogen and oxygen atoms in total. The summed E-state index contributed by atoms with van der Waals surface area (Å²) in [7, 11) is -2.64. The van der Waals surface area contributed by atoms with Gasteiger partial charge < -0.3 is 5.11 Å². The fraction of sp³-hybridized carbons (Fsp3) is 0.333. The van der Waals surface area contributed by atoms with Gasteiger partial charge >= 0.3 is 0 Å². The van der Waals surface area contributed by atoms with Crippen LogP contribution in [0.25, 0.3) is 0 Å². The second-order valence-electron chi connectivity index (χ2n) is 5.39. The number of sulfonamides is 1. The van der Waals surface area contributed by atoms with E-state index in [0.717, 1.165) is 5.06 Å². The van der Waals surface area contributed by atoms with Gasteiger partial charge in [0.25, 0.3) is 11.8 Å². The Morgan fingerprint density at radius 2 is 1.96 bits per heavy atom. The highest BCUT2D eigenvalue weighted by molar-refractivity contribution is 7.91. The molecule has 1 aliphatic carbocycles. The van der Waals surface area contributed by atoms with Gasteiger partial charge in [0.05, 0.1) is 25.0 Å². The van der Waals surface area contributed by atoms with Crippen LogP contribution in [0.4, 0.5) is 4.39 Å². The number of rotatable bonds is 7. The molecular weight excluding hydrogens is 355 g/mol. The number of halogens is 1. The van der Waals surface area contributed by atoms with Gasteiger partial charge in [-0.25, -0.2) is 22.6 Å². The van der Waals surface area contributed by atoms with Crippen molar-refractivity contribution >= 4 is 21.8 Å². The third-order valence-corrected chi connectivity index (χ3v) is 5.22. The van der Waals surface area contributed by atoms with E-state index in [1.165, 1.54) is 31.4 Å². The van der Waals surface area contributed by atoms with E-state index >= 15 is 0 Å². The molecule has 0 aliphatic heterocycles. The lowest BCUT2D eigenvalue weighted by molar-refractivity contribution is -0.173. The highest BCUT2D eigenvalue weighted by atomic mass is 32.2. The summed E-state index contributed by atoms with van der Waals surface area (Å²) in [5.41, 5.74) is 0.547. The molecule has 0 bridgehead atoms. The van der Waals surface area contributed by atoms with Gasteiger partial charge in [0.15, 0.2) is 5.76 Å². The fourth-order valence-electron chi connectivity index (χ4n) is 1.89. The van der Waals surface area contributed by atoms with Crippen molar-refractivity contribution in [3.05, 3.63) is 47.5 Å². The van der Waals surface area contributed by atoms with Gasteiger partial charge in [0.1, 0.15) is 5.82 Å². The van der Waals surface area contributed by atoms with Crippen LogP contribution in [0.2, 0.25) is 0 Å². The normalized spacial score (nSPS) is 14.9. The molecule has 2 rings (SSSR count). The number of hydrogen-bond donors (Lipinski definition) is 2. The molecule has 0 saturated heterocycles. The number of aliphatic hydroxyl groups is 1. The maximum absolute atomic E-state index is 12.9. The summed E-state index contributed by atoms with van der Waals surface area (Å²) in [6.45, 7) is -0.0681. The molecule has 2 amide bonds. The Bertz CT molecular complexity index is 787. The predicted octanol–water partition coefficient (Wildman–Crippen LogP) is 0.766. The summed E-state index contributed by atoms with van der Waals surface area (Å²) in [5.74, 6) is -3.68. The minimum Gasteiger partial charge on any atom is -0.503 e. The second kappa shape index (κ2) is 7.62. The van der Waals surface area contributed by atoms with Gasteiger partial charge in [-0.15, -0.1) is 0 Å². The van der Waals surface area contributed by atoms with E-state index in [1.807, 2.05) is 0 Å². The molecule has 1 saturated carbocycles. The zero-order valence-corrected chi connectivity index (χ0v) is 14.1. The van der Waals surface area contributed by atoms with Gasteiger partial charge in [-0.3, -0.25) is 14.4 Å². The van der Waals surface area contributed by atoms with E-state index in [2.05, 4.69) is 0 Å². The molecule has 1 aliphatic rings. The molecule has 0 heterocycles. The molecule has 1 aromatic carbocycles. The number of hydrogen-bond acceptors (Lipinski definition) is 6. The Morgan fingerprint density at radius 3 is 2.48 bits per heavy atom. The van der Waals surface area contributed by atoms with Crippen LogP contribution in [0, 0.1) is 5.82 Å². The largest absolute Gasteiger partial charge is 0.503 e. The second-order valence-corrected chi connectivity index (χ2v) is 7.35. The van der Waals surface area contributed by atoms with Crippen LogP contribution in [-0.4, -0.2) is 42.8 Å². The van der Waals surface area contributed by atoms with Crippen LogP contribution in [0.1, 0.15) is 18.4 Å². The summed E-state index contributed by atoms with van der Waals surface area (Å²) in [5, 5.41) is 9.80. The Kier molecular flexibility index (Phi) is 5.75. The first-order chi connectivity index (χ1) is 11.7. The summed E-state index contributed by atoms with van der Waals surface area (Å²) < 4.78 is 37.8. The molecule has 25 heavy (non-hydrogen) atoms. The number of carbonyl (C=O) groups excluding carboxylic acids is 2. The lowest BCUT2D eigenvalue weighted by Gasteiger charge is -2.18. The molecule has 0 atom stereocenters. The molecule has 0 spiro atoms. The first-order valence-electron chi connectivity index (χ1n) is 7.29. The smallest absolute Gasteiger partial charge is 0.299 e. The van der Waals surface area contributed by atoms with E-state index < -0.39 is 38.7 Å². The first kappa shape index (κ1) is 18.9. The van der Waals surface area contributed by atoms with Crippen molar-refractivity contribution in [1.82, 2.24) is 9.79 Å². The molecule has 1 fully saturated rings. The van der Waals surface area contributed by atoms with Crippen molar-refractivity contribution in [3.8, 4) is 0 Å². The molecule has 0 unspecified atom stereocenters. The van der Waals surface area contributed by atoms with Crippen LogP contribution in [0.3, 0.4) is 0 Å². The molecule has 0 radical (unpaired) electrons. The third-order valence-electron chi connectivity index (χ3n) is 3.40. The minimum absolute atomic E-state index is 0.0681. The molecular formula is C15H17FN2O6S. The van der Waals surface area contributed by atoms with Crippen molar-refractivity contribution in [2.45, 2.75) is 24.6 Å².